The van der Waals surface area contributed by atoms with Gasteiger partial charge in [0, 0.05) is 18.5 Å². The van der Waals surface area contributed by atoms with Crippen molar-refractivity contribution < 1.29 is 9.53 Å². The molecule has 1 N–H and O–H groups in total. The lowest BCUT2D eigenvalue weighted by Gasteiger charge is -2.08. The Morgan fingerprint density at radius 1 is 1.17 bits per heavy atom. The van der Waals surface area contributed by atoms with Gasteiger partial charge < -0.3 is 4.74 Å². The molecular weight excluding hydrogens is 230 g/mol. The third-order valence-electron chi connectivity index (χ3n) is 2.53. The highest BCUT2D eigenvalue weighted by Gasteiger charge is 2.09. The predicted molar refractivity (Wildman–Crippen MR) is 67.6 cm³/mol. The minimum Gasteiger partial charge on any atom is -0.391 e. The van der Waals surface area contributed by atoms with E-state index < -0.39 is 6.09 Å². The molecule has 0 saturated carbocycles. The summed E-state index contributed by atoms with van der Waals surface area (Å²) in [6.45, 7) is 3.84. The van der Waals surface area contributed by atoms with Gasteiger partial charge in [-0.2, -0.15) is 0 Å². The van der Waals surface area contributed by atoms with Gasteiger partial charge in [0.15, 0.2) is 0 Å². The number of amides is 1. The fraction of sp³-hybridized carbons (Fsp3) is 0.154. The first kappa shape index (κ1) is 12.0. The largest absolute Gasteiger partial charge is 0.419 e. The lowest BCUT2D eigenvalue weighted by Crippen LogP contribution is -2.18. The van der Waals surface area contributed by atoms with Gasteiger partial charge in [-0.3, -0.25) is 5.32 Å². The second-order valence-corrected chi connectivity index (χ2v) is 3.78. The van der Waals surface area contributed by atoms with Crippen molar-refractivity contribution in [3.8, 4) is 5.88 Å². The minimum absolute atomic E-state index is 0.250. The number of pyridine rings is 2. The van der Waals surface area contributed by atoms with Crippen LogP contribution in [-0.2, 0) is 0 Å². The maximum atomic E-state index is 11.6. The predicted octanol–water partition coefficient (Wildman–Crippen LogP) is 2.70. The summed E-state index contributed by atoms with van der Waals surface area (Å²) in [5.41, 5.74) is 1.97. The topological polar surface area (TPSA) is 64.1 Å². The molecule has 0 aromatic carbocycles. The summed E-state index contributed by atoms with van der Waals surface area (Å²) in [6, 6.07) is 6.98. The molecule has 0 aliphatic heterocycles. The summed E-state index contributed by atoms with van der Waals surface area (Å²) >= 11 is 0. The van der Waals surface area contributed by atoms with E-state index >= 15 is 0 Å². The Balaban J connectivity index is 2.06. The number of carbonyl (C=O) groups is 1. The van der Waals surface area contributed by atoms with Crippen LogP contribution < -0.4 is 10.1 Å². The monoisotopic (exact) mass is 243 g/mol. The normalized spacial score (nSPS) is 9.89. The number of hydrogen-bond donors (Lipinski definition) is 1. The van der Waals surface area contributed by atoms with Crippen LogP contribution in [0.1, 0.15) is 11.1 Å². The van der Waals surface area contributed by atoms with E-state index in [4.69, 9.17) is 4.74 Å². The van der Waals surface area contributed by atoms with Crippen molar-refractivity contribution in [3.05, 3.63) is 47.8 Å². The van der Waals surface area contributed by atoms with Gasteiger partial charge in [0.1, 0.15) is 5.82 Å². The Bertz CT molecular complexity index is 555. The zero-order valence-corrected chi connectivity index (χ0v) is 10.2. The quantitative estimate of drug-likeness (QED) is 0.880. The van der Waals surface area contributed by atoms with Crippen LogP contribution in [-0.4, -0.2) is 16.1 Å². The standard InChI is InChI=1S/C13H13N3O2/c1-9-6-8-15-12(10(9)2)16-13(17)18-11-5-3-4-7-14-11/h3-8H,1-2H3,(H,15,16,17). The second kappa shape index (κ2) is 5.27. The average molecular weight is 243 g/mol. The lowest BCUT2D eigenvalue weighted by molar-refractivity contribution is 0.213. The highest BCUT2D eigenvalue weighted by Crippen LogP contribution is 2.15. The van der Waals surface area contributed by atoms with Crippen molar-refractivity contribution >= 4 is 11.9 Å². The molecule has 2 rings (SSSR count). The first-order chi connectivity index (χ1) is 8.66. The molecule has 2 heterocycles. The van der Waals surface area contributed by atoms with Crippen molar-refractivity contribution in [3.63, 3.8) is 0 Å². The molecule has 1 amide bonds. The molecule has 0 atom stereocenters. The maximum Gasteiger partial charge on any atom is 0.419 e. The summed E-state index contributed by atoms with van der Waals surface area (Å²) in [7, 11) is 0. The van der Waals surface area contributed by atoms with Crippen molar-refractivity contribution in [2.75, 3.05) is 5.32 Å². The van der Waals surface area contributed by atoms with E-state index in [-0.39, 0.29) is 5.88 Å². The molecule has 0 bridgehead atoms. The van der Waals surface area contributed by atoms with Gasteiger partial charge >= 0.3 is 6.09 Å². The Hall–Kier alpha value is -2.43. The summed E-state index contributed by atoms with van der Waals surface area (Å²) in [6.07, 6.45) is 2.59. The SMILES string of the molecule is Cc1ccnc(NC(=O)Oc2ccccn2)c1C. The van der Waals surface area contributed by atoms with E-state index in [1.165, 1.54) is 0 Å². The Labute approximate surface area is 105 Å². The number of aryl methyl sites for hydroxylation is 1. The van der Waals surface area contributed by atoms with Crippen LogP contribution in [0.25, 0.3) is 0 Å². The number of ether oxygens (including phenoxy) is 1. The van der Waals surface area contributed by atoms with Gasteiger partial charge in [-0.15, -0.1) is 0 Å². The van der Waals surface area contributed by atoms with Crippen LogP contribution in [0, 0.1) is 13.8 Å². The van der Waals surface area contributed by atoms with E-state index in [1.807, 2.05) is 19.9 Å². The van der Waals surface area contributed by atoms with Crippen LogP contribution in [0.2, 0.25) is 0 Å². The van der Waals surface area contributed by atoms with E-state index in [2.05, 4.69) is 15.3 Å². The third-order valence-corrected chi connectivity index (χ3v) is 2.53. The van der Waals surface area contributed by atoms with Crippen molar-refractivity contribution in [1.82, 2.24) is 9.97 Å². The highest BCUT2D eigenvalue weighted by molar-refractivity contribution is 5.85. The fourth-order valence-corrected chi connectivity index (χ4v) is 1.38. The smallest absolute Gasteiger partial charge is 0.391 e. The van der Waals surface area contributed by atoms with Gasteiger partial charge in [-0.05, 0) is 37.1 Å². The fourth-order valence-electron chi connectivity index (χ4n) is 1.38. The second-order valence-electron chi connectivity index (χ2n) is 3.78. The molecule has 2 aromatic rings. The number of nitrogens with zero attached hydrogens (tertiary/aromatic N) is 2. The summed E-state index contributed by atoms with van der Waals surface area (Å²) in [5, 5.41) is 2.59. The Morgan fingerprint density at radius 2 is 2.00 bits per heavy atom. The van der Waals surface area contributed by atoms with E-state index in [9.17, 15) is 4.79 Å². The molecule has 0 aliphatic carbocycles. The zero-order valence-electron chi connectivity index (χ0n) is 10.2. The Morgan fingerprint density at radius 3 is 2.72 bits per heavy atom. The molecule has 5 heteroatoms. The minimum atomic E-state index is -0.602. The molecule has 18 heavy (non-hydrogen) atoms. The van der Waals surface area contributed by atoms with Crippen LogP contribution >= 0.6 is 0 Å². The van der Waals surface area contributed by atoms with E-state index in [1.54, 1.807) is 30.6 Å². The average Bonchev–Trinajstić information content (AvgIpc) is 2.36. The van der Waals surface area contributed by atoms with Crippen molar-refractivity contribution in [1.29, 1.82) is 0 Å². The number of anilines is 1. The molecule has 5 nitrogen and oxygen atoms in total. The van der Waals surface area contributed by atoms with Crippen LogP contribution in [0.4, 0.5) is 10.6 Å². The van der Waals surface area contributed by atoms with E-state index in [0.717, 1.165) is 11.1 Å². The molecule has 0 saturated heterocycles. The maximum absolute atomic E-state index is 11.6. The number of hydrogen-bond acceptors (Lipinski definition) is 4. The molecule has 0 aliphatic rings. The molecular formula is C13H13N3O2. The molecule has 0 radical (unpaired) electrons. The summed E-state index contributed by atoms with van der Waals surface area (Å²) in [4.78, 5) is 19.6. The number of carbonyl (C=O) groups excluding carboxylic acids is 1. The summed E-state index contributed by atoms with van der Waals surface area (Å²) in [5.74, 6) is 0.747. The first-order valence-corrected chi connectivity index (χ1v) is 5.49. The number of rotatable bonds is 2. The molecule has 0 fully saturated rings. The zero-order chi connectivity index (χ0) is 13.0. The van der Waals surface area contributed by atoms with Gasteiger partial charge in [-0.25, -0.2) is 14.8 Å². The first-order valence-electron chi connectivity index (χ1n) is 5.49. The Kier molecular flexibility index (Phi) is 3.52. The van der Waals surface area contributed by atoms with Crippen molar-refractivity contribution in [2.45, 2.75) is 13.8 Å². The number of nitrogens with one attached hydrogen (secondary N) is 1. The summed E-state index contributed by atoms with van der Waals surface area (Å²) < 4.78 is 5.01. The van der Waals surface area contributed by atoms with Gasteiger partial charge in [0.05, 0.1) is 0 Å². The van der Waals surface area contributed by atoms with E-state index in [0.29, 0.717) is 5.82 Å². The van der Waals surface area contributed by atoms with Crippen LogP contribution in [0.15, 0.2) is 36.7 Å². The van der Waals surface area contributed by atoms with Crippen LogP contribution in [0.3, 0.4) is 0 Å². The van der Waals surface area contributed by atoms with Crippen LogP contribution in [0.5, 0.6) is 5.88 Å². The van der Waals surface area contributed by atoms with Gasteiger partial charge in [0.2, 0.25) is 5.88 Å². The number of aromatic nitrogens is 2. The molecule has 0 unspecified atom stereocenters. The van der Waals surface area contributed by atoms with Gasteiger partial charge in [0.25, 0.3) is 0 Å². The van der Waals surface area contributed by atoms with Gasteiger partial charge in [-0.1, -0.05) is 6.07 Å². The lowest BCUT2D eigenvalue weighted by atomic mass is 10.2. The molecule has 0 spiro atoms. The molecule has 2 aromatic heterocycles. The highest BCUT2D eigenvalue weighted by atomic mass is 16.6. The van der Waals surface area contributed by atoms with Crippen molar-refractivity contribution in [2.24, 2.45) is 0 Å². The molecule has 92 valence electrons. The third kappa shape index (κ3) is 2.82.